The molecular formula is C30H42O4Sn. The van der Waals surface area contributed by atoms with Crippen molar-refractivity contribution in [2.75, 3.05) is 26.4 Å². The summed E-state index contributed by atoms with van der Waals surface area (Å²) in [5.41, 5.74) is 2.55. The van der Waals surface area contributed by atoms with Gasteiger partial charge in [-0.1, -0.05) is 0 Å². The first-order valence-electron chi connectivity index (χ1n) is 13.7. The minimum atomic E-state index is -2.78. The molecule has 2 heterocycles. The summed E-state index contributed by atoms with van der Waals surface area (Å²) in [4.78, 5) is 0. The molecule has 0 saturated heterocycles. The van der Waals surface area contributed by atoms with Gasteiger partial charge in [0.05, 0.1) is 0 Å². The first-order chi connectivity index (χ1) is 17.2. The van der Waals surface area contributed by atoms with E-state index in [-0.39, 0.29) is 0 Å². The second-order valence-corrected chi connectivity index (χ2v) is 23.0. The summed E-state index contributed by atoms with van der Waals surface area (Å²) >= 11 is -2.78. The third-order valence-electron chi connectivity index (χ3n) is 7.33. The average Bonchev–Trinajstić information content (AvgIpc) is 2.91. The fourth-order valence-corrected chi connectivity index (χ4v) is 22.2. The Labute approximate surface area is 215 Å². The number of hydrogen-bond donors (Lipinski definition) is 0. The third kappa shape index (κ3) is 6.49. The van der Waals surface area contributed by atoms with E-state index < -0.39 is 18.4 Å². The van der Waals surface area contributed by atoms with E-state index in [4.69, 9.17) is 18.9 Å². The fourth-order valence-electron chi connectivity index (χ4n) is 5.39. The number of unbranched alkanes of at least 4 members (excludes halogenated alkanes) is 3. The van der Waals surface area contributed by atoms with E-state index in [0.29, 0.717) is 26.4 Å². The molecule has 0 spiro atoms. The molecule has 0 saturated carbocycles. The van der Waals surface area contributed by atoms with Crippen LogP contribution in [0, 0.1) is 0 Å². The quantitative estimate of drug-likeness (QED) is 0.186. The zero-order valence-corrected chi connectivity index (χ0v) is 24.7. The van der Waals surface area contributed by atoms with E-state index in [9.17, 15) is 0 Å². The number of ether oxygens (including phenoxy) is 4. The van der Waals surface area contributed by atoms with Gasteiger partial charge >= 0.3 is 217 Å². The van der Waals surface area contributed by atoms with Crippen LogP contribution < -0.4 is 18.9 Å². The monoisotopic (exact) mass is 586 g/mol. The van der Waals surface area contributed by atoms with E-state index in [1.54, 1.807) is 3.59 Å². The Kier molecular flexibility index (Phi) is 9.70. The molecule has 5 heteroatoms. The van der Waals surface area contributed by atoms with Crippen LogP contribution in [0.4, 0.5) is 0 Å². The summed E-state index contributed by atoms with van der Waals surface area (Å²) in [6.07, 6.45) is 10.3. The predicted octanol–water partition coefficient (Wildman–Crippen LogP) is 8.16. The average molecular weight is 585 g/mol. The van der Waals surface area contributed by atoms with Crippen molar-refractivity contribution in [2.24, 2.45) is 0 Å². The molecule has 0 aromatic heterocycles. The SMILES string of the molecule is CCC[CH2][Sn]([CH2]CCC)([CH2]CCC)/[C](=C/c1ccc2c(c1)OCCO2)c1ccc2c(c1)OCCO2. The molecule has 4 nitrogen and oxygen atoms in total. The zero-order chi connectivity index (χ0) is 24.5. The second-order valence-electron chi connectivity index (χ2n) is 9.91. The molecule has 0 bridgehead atoms. The predicted molar refractivity (Wildman–Crippen MR) is 148 cm³/mol. The molecule has 0 atom stereocenters. The van der Waals surface area contributed by atoms with Gasteiger partial charge in [0.15, 0.2) is 0 Å². The molecule has 0 aliphatic carbocycles. The van der Waals surface area contributed by atoms with Gasteiger partial charge in [0, 0.05) is 0 Å². The summed E-state index contributed by atoms with van der Waals surface area (Å²) in [5.74, 6) is 3.48. The van der Waals surface area contributed by atoms with Crippen molar-refractivity contribution in [1.29, 1.82) is 0 Å². The number of rotatable bonds is 12. The van der Waals surface area contributed by atoms with Crippen molar-refractivity contribution in [3.05, 3.63) is 47.5 Å². The summed E-state index contributed by atoms with van der Waals surface area (Å²) < 4.78 is 29.5. The minimum absolute atomic E-state index is 0.613. The molecule has 35 heavy (non-hydrogen) atoms. The first-order valence-corrected chi connectivity index (χ1v) is 21.2. The molecular weight excluding hydrogens is 543 g/mol. The van der Waals surface area contributed by atoms with Crippen LogP contribution in [0.5, 0.6) is 23.0 Å². The van der Waals surface area contributed by atoms with Gasteiger partial charge in [0.1, 0.15) is 0 Å². The van der Waals surface area contributed by atoms with Gasteiger partial charge in [0.25, 0.3) is 0 Å². The maximum atomic E-state index is 6.03. The Morgan fingerprint density at radius 3 is 1.69 bits per heavy atom. The summed E-state index contributed by atoms with van der Waals surface area (Å²) in [7, 11) is 0. The first kappa shape index (κ1) is 26.2. The van der Waals surface area contributed by atoms with E-state index in [1.165, 1.54) is 63.0 Å². The van der Waals surface area contributed by atoms with Crippen LogP contribution in [0.2, 0.25) is 13.3 Å². The van der Waals surface area contributed by atoms with Gasteiger partial charge in [-0.2, -0.15) is 0 Å². The van der Waals surface area contributed by atoms with Gasteiger partial charge in [-0.25, -0.2) is 0 Å². The molecule has 0 N–H and O–H groups in total. The Balaban J connectivity index is 1.84. The molecule has 0 unspecified atom stereocenters. The standard InChI is InChI=1S/C18H15O4.3C4H9.Sn/c1(13-3-5-15-17(11-13)21-9-7-19-15)2-14-4-6-16-18(12-14)22-10-8-20-16;3*1-3-4-2;/h1,3-6,11-12H,7-10H2;3*1,3-4H2,2H3;. The van der Waals surface area contributed by atoms with Crippen LogP contribution >= 0.6 is 0 Å². The molecule has 0 amide bonds. The Hall–Kier alpha value is -1.82. The van der Waals surface area contributed by atoms with E-state index in [2.05, 4.69) is 63.2 Å². The van der Waals surface area contributed by atoms with Crippen molar-refractivity contribution < 1.29 is 18.9 Å². The van der Waals surface area contributed by atoms with E-state index >= 15 is 0 Å². The molecule has 0 fully saturated rings. The van der Waals surface area contributed by atoms with Gasteiger partial charge in [-0.15, -0.1) is 0 Å². The third-order valence-corrected chi connectivity index (χ3v) is 23.0. The summed E-state index contributed by atoms with van der Waals surface area (Å²) in [5, 5.41) is 0. The molecule has 2 aromatic carbocycles. The van der Waals surface area contributed by atoms with Crippen molar-refractivity contribution in [1.82, 2.24) is 0 Å². The molecule has 2 aliphatic heterocycles. The van der Waals surface area contributed by atoms with E-state index in [1.807, 2.05) is 0 Å². The van der Waals surface area contributed by atoms with Gasteiger partial charge in [-0.05, 0) is 0 Å². The van der Waals surface area contributed by atoms with Crippen LogP contribution in [0.15, 0.2) is 36.4 Å². The van der Waals surface area contributed by atoms with Gasteiger partial charge in [0.2, 0.25) is 0 Å². The number of benzene rings is 2. The Morgan fingerprint density at radius 1 is 0.657 bits per heavy atom. The van der Waals surface area contributed by atoms with Crippen molar-refractivity contribution in [3.8, 4) is 23.0 Å². The van der Waals surface area contributed by atoms with E-state index in [0.717, 1.165) is 23.0 Å². The number of fused-ring (bicyclic) bond motifs is 2. The second kappa shape index (κ2) is 12.9. The van der Waals surface area contributed by atoms with Crippen LogP contribution in [0.1, 0.15) is 70.4 Å². The summed E-state index contributed by atoms with van der Waals surface area (Å²) in [6, 6.07) is 13.1. The summed E-state index contributed by atoms with van der Waals surface area (Å²) in [6.45, 7) is 9.49. The Morgan fingerprint density at radius 2 is 1.14 bits per heavy atom. The number of hydrogen-bond acceptors (Lipinski definition) is 4. The van der Waals surface area contributed by atoms with Crippen molar-refractivity contribution in [2.45, 2.75) is 72.6 Å². The van der Waals surface area contributed by atoms with Crippen LogP contribution in [-0.4, -0.2) is 44.8 Å². The zero-order valence-electron chi connectivity index (χ0n) is 21.9. The maximum absolute atomic E-state index is 6.03. The topological polar surface area (TPSA) is 36.9 Å². The van der Waals surface area contributed by atoms with Crippen molar-refractivity contribution in [3.63, 3.8) is 0 Å². The molecule has 190 valence electrons. The molecule has 2 aromatic rings. The molecule has 2 aliphatic rings. The molecule has 4 rings (SSSR count). The van der Waals surface area contributed by atoms with Crippen molar-refractivity contribution >= 4 is 28.0 Å². The fraction of sp³-hybridized carbons (Fsp3) is 0.533. The van der Waals surface area contributed by atoms with Gasteiger partial charge < -0.3 is 0 Å². The van der Waals surface area contributed by atoms with Crippen LogP contribution in [0.3, 0.4) is 0 Å². The Bertz CT molecular complexity index is 978. The van der Waals surface area contributed by atoms with Crippen LogP contribution in [-0.2, 0) is 0 Å². The van der Waals surface area contributed by atoms with Crippen LogP contribution in [0.25, 0.3) is 9.67 Å². The van der Waals surface area contributed by atoms with Gasteiger partial charge in [-0.3, -0.25) is 0 Å². The molecule has 0 radical (unpaired) electrons. The normalized spacial score (nSPS) is 15.2.